The fourth-order valence-electron chi connectivity index (χ4n) is 1.47. The van der Waals surface area contributed by atoms with Crippen LogP contribution in [-0.4, -0.2) is 34.3 Å². The number of benzene rings is 1. The largest absolute Gasteiger partial charge is 0.496 e. The van der Waals surface area contributed by atoms with Gasteiger partial charge in [-0.15, -0.1) is 0 Å². The van der Waals surface area contributed by atoms with Crippen molar-refractivity contribution < 1.29 is 24.7 Å². The number of carbonyl (C=O) groups is 1. The van der Waals surface area contributed by atoms with Gasteiger partial charge >= 0.3 is 0 Å². The van der Waals surface area contributed by atoms with Crippen LogP contribution < -0.4 is 16.2 Å². The second kappa shape index (κ2) is 5.50. The molecule has 9 nitrogen and oxygen atoms in total. The maximum atomic E-state index is 10.8. The number of primary amides is 1. The quantitative estimate of drug-likeness (QED) is 0.305. The fourth-order valence-corrected chi connectivity index (χ4v) is 1.47. The number of nitro benzene ring substituents is 1. The highest BCUT2D eigenvalue weighted by atomic mass is 16.6. The summed E-state index contributed by atoms with van der Waals surface area (Å²) in [6.07, 6.45) is -3.72. The van der Waals surface area contributed by atoms with Gasteiger partial charge in [0.05, 0.1) is 18.1 Å². The summed E-state index contributed by atoms with van der Waals surface area (Å²) < 4.78 is 4.82. The second-order valence-corrected chi connectivity index (χ2v) is 3.70. The number of nitrogen functional groups attached to an aromatic ring is 1. The average molecular weight is 271 g/mol. The molecule has 0 radical (unpaired) electrons. The van der Waals surface area contributed by atoms with E-state index < -0.39 is 28.7 Å². The van der Waals surface area contributed by atoms with E-state index in [1.54, 1.807) is 0 Å². The molecule has 6 N–H and O–H groups in total. The standard InChI is InChI=1S/C10H13N3O6/c1-19-4-2-5(8(14)9(15)10(12)16)7(11)6(3-4)13(17)18/h2-3,8-9,14-15H,11H2,1H3,(H2,12,16). The third-order valence-corrected chi connectivity index (χ3v) is 2.51. The molecule has 1 aromatic rings. The summed E-state index contributed by atoms with van der Waals surface area (Å²) in [7, 11) is 1.26. The lowest BCUT2D eigenvalue weighted by Crippen LogP contribution is -2.34. The van der Waals surface area contributed by atoms with Crippen molar-refractivity contribution in [3.63, 3.8) is 0 Å². The Morgan fingerprint density at radius 1 is 1.47 bits per heavy atom. The minimum atomic E-state index is -1.94. The molecule has 0 aliphatic rings. The molecule has 2 unspecified atom stereocenters. The van der Waals surface area contributed by atoms with Gasteiger partial charge in [-0.05, 0) is 6.07 Å². The number of nitrogens with zero attached hydrogens (tertiary/aromatic N) is 1. The van der Waals surface area contributed by atoms with E-state index in [1.807, 2.05) is 0 Å². The van der Waals surface area contributed by atoms with Crippen LogP contribution in [0.1, 0.15) is 11.7 Å². The van der Waals surface area contributed by atoms with Crippen LogP contribution in [0, 0.1) is 10.1 Å². The van der Waals surface area contributed by atoms with Crippen LogP contribution in [0.25, 0.3) is 0 Å². The third-order valence-electron chi connectivity index (χ3n) is 2.51. The first-order valence-corrected chi connectivity index (χ1v) is 5.06. The molecule has 0 saturated carbocycles. The lowest BCUT2D eigenvalue weighted by Gasteiger charge is -2.17. The highest BCUT2D eigenvalue weighted by Crippen LogP contribution is 2.35. The molecule has 1 aromatic carbocycles. The van der Waals surface area contributed by atoms with E-state index in [-0.39, 0.29) is 17.0 Å². The van der Waals surface area contributed by atoms with E-state index in [2.05, 4.69) is 0 Å². The molecule has 0 aliphatic heterocycles. The normalized spacial score (nSPS) is 13.6. The lowest BCUT2D eigenvalue weighted by atomic mass is 10.0. The minimum absolute atomic E-state index is 0.0478. The number of nitrogens with two attached hydrogens (primary N) is 2. The zero-order valence-corrected chi connectivity index (χ0v) is 9.94. The molecule has 0 aliphatic carbocycles. The summed E-state index contributed by atoms with van der Waals surface area (Å²) in [5, 5.41) is 29.9. The number of amides is 1. The van der Waals surface area contributed by atoms with Gasteiger partial charge in [-0.2, -0.15) is 0 Å². The second-order valence-electron chi connectivity index (χ2n) is 3.70. The molecular weight excluding hydrogens is 258 g/mol. The maximum Gasteiger partial charge on any atom is 0.296 e. The molecule has 9 heteroatoms. The molecule has 0 bridgehead atoms. The molecule has 0 spiro atoms. The number of ether oxygens (including phenoxy) is 1. The van der Waals surface area contributed by atoms with Gasteiger partial charge in [-0.25, -0.2) is 0 Å². The van der Waals surface area contributed by atoms with Gasteiger partial charge in [-0.1, -0.05) is 0 Å². The maximum absolute atomic E-state index is 10.8. The number of carbonyl (C=O) groups excluding carboxylic acids is 1. The van der Waals surface area contributed by atoms with Gasteiger partial charge in [0.15, 0.2) is 6.10 Å². The van der Waals surface area contributed by atoms with E-state index >= 15 is 0 Å². The summed E-state index contributed by atoms with van der Waals surface area (Å²) >= 11 is 0. The van der Waals surface area contributed by atoms with Gasteiger partial charge in [0.25, 0.3) is 5.69 Å². The molecule has 2 atom stereocenters. The molecule has 1 amide bonds. The highest BCUT2D eigenvalue weighted by molar-refractivity contribution is 5.80. The lowest BCUT2D eigenvalue weighted by molar-refractivity contribution is -0.384. The van der Waals surface area contributed by atoms with Crippen LogP contribution in [0.2, 0.25) is 0 Å². The van der Waals surface area contributed by atoms with Gasteiger partial charge in [0.2, 0.25) is 5.91 Å². The summed E-state index contributed by atoms with van der Waals surface area (Å²) in [5.74, 6) is -1.14. The smallest absolute Gasteiger partial charge is 0.296 e. The van der Waals surface area contributed by atoms with Crippen molar-refractivity contribution in [2.24, 2.45) is 5.73 Å². The summed E-state index contributed by atoms with van der Waals surface area (Å²) in [5.41, 5.74) is 9.27. The number of methoxy groups -OCH3 is 1. The zero-order valence-electron chi connectivity index (χ0n) is 9.94. The van der Waals surface area contributed by atoms with Crippen molar-refractivity contribution in [3.8, 4) is 5.75 Å². The van der Waals surface area contributed by atoms with E-state index in [9.17, 15) is 25.1 Å². The number of hydrogen-bond acceptors (Lipinski definition) is 7. The van der Waals surface area contributed by atoms with Crippen LogP contribution in [0.3, 0.4) is 0 Å². The molecule has 19 heavy (non-hydrogen) atoms. The zero-order chi connectivity index (χ0) is 14.7. The summed E-state index contributed by atoms with van der Waals surface area (Å²) in [6, 6.07) is 2.24. The Morgan fingerprint density at radius 3 is 2.47 bits per heavy atom. The Kier molecular flexibility index (Phi) is 4.25. The monoisotopic (exact) mass is 271 g/mol. The number of hydrogen-bond donors (Lipinski definition) is 4. The predicted octanol–water partition coefficient (Wildman–Crippen LogP) is -0.935. The van der Waals surface area contributed by atoms with E-state index in [4.69, 9.17) is 16.2 Å². The van der Waals surface area contributed by atoms with Crippen LogP contribution in [0.15, 0.2) is 12.1 Å². The van der Waals surface area contributed by atoms with Crippen molar-refractivity contribution in [1.29, 1.82) is 0 Å². The van der Waals surface area contributed by atoms with Gasteiger partial charge in [0.1, 0.15) is 17.5 Å². The number of nitro groups is 1. The summed E-state index contributed by atoms with van der Waals surface area (Å²) in [6.45, 7) is 0. The molecule has 0 heterocycles. The Hall–Kier alpha value is -2.39. The number of anilines is 1. The molecular formula is C10H13N3O6. The van der Waals surface area contributed by atoms with Crippen molar-refractivity contribution in [2.75, 3.05) is 12.8 Å². The van der Waals surface area contributed by atoms with E-state index in [0.717, 1.165) is 6.07 Å². The van der Waals surface area contributed by atoms with E-state index in [0.29, 0.717) is 0 Å². The predicted molar refractivity (Wildman–Crippen MR) is 64.2 cm³/mol. The minimum Gasteiger partial charge on any atom is -0.496 e. The van der Waals surface area contributed by atoms with Crippen LogP contribution in [-0.2, 0) is 4.79 Å². The third kappa shape index (κ3) is 2.89. The Balaban J connectivity index is 3.37. The van der Waals surface area contributed by atoms with Crippen molar-refractivity contribution in [3.05, 3.63) is 27.8 Å². The van der Waals surface area contributed by atoms with Crippen molar-refractivity contribution in [2.45, 2.75) is 12.2 Å². The van der Waals surface area contributed by atoms with E-state index in [1.165, 1.54) is 13.2 Å². The van der Waals surface area contributed by atoms with Crippen LogP contribution in [0.5, 0.6) is 5.75 Å². The molecule has 1 rings (SSSR count). The molecule has 0 saturated heterocycles. The Labute approximate surface area is 107 Å². The summed E-state index contributed by atoms with van der Waals surface area (Å²) in [4.78, 5) is 20.8. The number of aliphatic hydroxyl groups excluding tert-OH is 2. The average Bonchev–Trinajstić information content (AvgIpc) is 2.36. The van der Waals surface area contributed by atoms with Gasteiger partial charge < -0.3 is 26.4 Å². The number of rotatable bonds is 5. The van der Waals surface area contributed by atoms with Gasteiger partial charge in [0, 0.05) is 5.56 Å². The molecule has 0 fully saturated rings. The van der Waals surface area contributed by atoms with Crippen molar-refractivity contribution >= 4 is 17.3 Å². The van der Waals surface area contributed by atoms with Crippen molar-refractivity contribution in [1.82, 2.24) is 0 Å². The van der Waals surface area contributed by atoms with Crippen LogP contribution >= 0.6 is 0 Å². The van der Waals surface area contributed by atoms with Crippen LogP contribution in [0.4, 0.5) is 11.4 Å². The first kappa shape index (κ1) is 14.7. The molecule has 0 aromatic heterocycles. The highest BCUT2D eigenvalue weighted by Gasteiger charge is 2.29. The topological polar surface area (TPSA) is 162 Å². The first-order valence-electron chi connectivity index (χ1n) is 5.06. The van der Waals surface area contributed by atoms with Gasteiger partial charge in [-0.3, -0.25) is 14.9 Å². The SMILES string of the molecule is COc1cc(C(O)C(O)C(N)=O)c(N)c([N+](=O)[O-])c1. The fraction of sp³-hybridized carbons (Fsp3) is 0.300. The Bertz CT molecular complexity index is 518. The molecule has 104 valence electrons. The Morgan fingerprint density at radius 2 is 2.05 bits per heavy atom. The number of aliphatic hydroxyl groups is 2. The first-order chi connectivity index (χ1) is 8.79.